The number of aliphatic hydroxyl groups excluding tert-OH is 1. The van der Waals surface area contributed by atoms with Crippen LogP contribution in [0.1, 0.15) is 24.4 Å². The summed E-state index contributed by atoms with van der Waals surface area (Å²) in [5.74, 6) is 1.15. The number of hydrogen-bond acceptors (Lipinski definition) is 5. The van der Waals surface area contributed by atoms with Gasteiger partial charge in [0.25, 0.3) is 0 Å². The van der Waals surface area contributed by atoms with Crippen LogP contribution in [-0.4, -0.2) is 30.5 Å². The first-order chi connectivity index (χ1) is 8.58. The minimum Gasteiger partial charge on any atom is -0.508 e. The molecule has 0 unspecified atom stereocenters. The lowest BCUT2D eigenvalue weighted by atomic mass is 9.97. The highest BCUT2D eigenvalue weighted by Gasteiger charge is 2.36. The number of benzene rings is 1. The summed E-state index contributed by atoms with van der Waals surface area (Å²) in [6.07, 6.45) is 1.38. The number of phenols is 1. The van der Waals surface area contributed by atoms with Crippen molar-refractivity contribution in [2.75, 3.05) is 14.2 Å². The number of aromatic hydroxyl groups is 1. The average molecular weight is 290 g/mol. The van der Waals surface area contributed by atoms with Crippen LogP contribution in [0.5, 0.6) is 17.2 Å². The zero-order chi connectivity index (χ0) is 13.3. The van der Waals surface area contributed by atoms with Crippen molar-refractivity contribution in [1.82, 2.24) is 0 Å². The molecule has 0 saturated heterocycles. The monoisotopic (exact) mass is 289 g/mol. The van der Waals surface area contributed by atoms with Crippen molar-refractivity contribution in [2.24, 2.45) is 11.7 Å². The molecule has 5 nitrogen and oxygen atoms in total. The van der Waals surface area contributed by atoms with Crippen LogP contribution in [0.15, 0.2) is 12.1 Å². The normalized spacial score (nSPS) is 17.3. The van der Waals surface area contributed by atoms with Crippen LogP contribution in [0, 0.1) is 5.92 Å². The maximum absolute atomic E-state index is 10.1. The van der Waals surface area contributed by atoms with Crippen LogP contribution in [0.4, 0.5) is 0 Å². The minimum atomic E-state index is -0.614. The lowest BCUT2D eigenvalue weighted by Crippen LogP contribution is -2.28. The predicted octanol–water partition coefficient (Wildman–Crippen LogP) is 1.60. The largest absolute Gasteiger partial charge is 0.508 e. The van der Waals surface area contributed by atoms with E-state index in [1.165, 1.54) is 26.4 Å². The van der Waals surface area contributed by atoms with Crippen LogP contribution in [0.3, 0.4) is 0 Å². The molecule has 0 radical (unpaired) electrons. The van der Waals surface area contributed by atoms with Gasteiger partial charge in [0.15, 0.2) is 0 Å². The van der Waals surface area contributed by atoms with Gasteiger partial charge in [-0.05, 0) is 18.8 Å². The fraction of sp³-hybridized carbons (Fsp3) is 0.538. The third-order valence-corrected chi connectivity index (χ3v) is 3.33. The van der Waals surface area contributed by atoms with E-state index in [4.69, 9.17) is 15.2 Å². The van der Waals surface area contributed by atoms with Crippen molar-refractivity contribution in [3.05, 3.63) is 17.7 Å². The van der Waals surface area contributed by atoms with Crippen LogP contribution in [-0.2, 0) is 0 Å². The van der Waals surface area contributed by atoms with Gasteiger partial charge in [0, 0.05) is 12.1 Å². The van der Waals surface area contributed by atoms with E-state index in [0.717, 1.165) is 12.8 Å². The first kappa shape index (κ1) is 15.9. The van der Waals surface area contributed by atoms with Crippen molar-refractivity contribution in [3.8, 4) is 17.2 Å². The second kappa shape index (κ2) is 6.32. The quantitative estimate of drug-likeness (QED) is 0.767. The van der Waals surface area contributed by atoms with E-state index in [9.17, 15) is 10.2 Å². The Labute approximate surface area is 118 Å². The molecule has 0 amide bonds. The van der Waals surface area contributed by atoms with Crippen LogP contribution in [0.25, 0.3) is 0 Å². The Kier molecular flexibility index (Phi) is 5.29. The van der Waals surface area contributed by atoms with Gasteiger partial charge < -0.3 is 25.4 Å². The van der Waals surface area contributed by atoms with Gasteiger partial charge in [0.2, 0.25) is 0 Å². The van der Waals surface area contributed by atoms with E-state index in [2.05, 4.69) is 0 Å². The molecule has 0 aromatic heterocycles. The van der Waals surface area contributed by atoms with E-state index in [1.807, 2.05) is 0 Å². The molecule has 1 aliphatic rings. The molecule has 2 rings (SSSR count). The van der Waals surface area contributed by atoms with E-state index in [-0.39, 0.29) is 24.1 Å². The van der Waals surface area contributed by atoms with E-state index >= 15 is 0 Å². The summed E-state index contributed by atoms with van der Waals surface area (Å²) in [5.41, 5.74) is 6.69. The highest BCUT2D eigenvalue weighted by Crippen LogP contribution is 2.43. The van der Waals surface area contributed by atoms with Crippen LogP contribution >= 0.6 is 12.4 Å². The third-order valence-electron chi connectivity index (χ3n) is 3.33. The number of phenolic OH excluding ortho intramolecular Hbond substituents is 1. The van der Waals surface area contributed by atoms with E-state index in [0.29, 0.717) is 17.1 Å². The lowest BCUT2D eigenvalue weighted by Gasteiger charge is -2.23. The zero-order valence-corrected chi connectivity index (χ0v) is 11.8. The molecular formula is C13H20ClNO4. The second-order valence-electron chi connectivity index (χ2n) is 4.62. The fourth-order valence-corrected chi connectivity index (χ4v) is 2.16. The molecule has 1 aromatic carbocycles. The molecule has 0 heterocycles. The Hall–Kier alpha value is -1.17. The predicted molar refractivity (Wildman–Crippen MR) is 74.1 cm³/mol. The van der Waals surface area contributed by atoms with Crippen molar-refractivity contribution in [2.45, 2.75) is 25.0 Å². The minimum absolute atomic E-state index is 0. The van der Waals surface area contributed by atoms with Gasteiger partial charge in [-0.2, -0.15) is 0 Å². The number of ether oxygens (including phenoxy) is 2. The Morgan fingerprint density at radius 2 is 1.68 bits per heavy atom. The van der Waals surface area contributed by atoms with Gasteiger partial charge >= 0.3 is 0 Å². The van der Waals surface area contributed by atoms with Gasteiger partial charge in [0.1, 0.15) is 17.2 Å². The van der Waals surface area contributed by atoms with E-state index < -0.39 is 12.1 Å². The summed E-state index contributed by atoms with van der Waals surface area (Å²) in [6, 6.07) is 2.36. The van der Waals surface area contributed by atoms with Crippen LogP contribution in [0.2, 0.25) is 0 Å². The van der Waals surface area contributed by atoms with Gasteiger partial charge in [-0.1, -0.05) is 0 Å². The summed E-state index contributed by atoms with van der Waals surface area (Å²) in [4.78, 5) is 0. The molecule has 0 spiro atoms. The Morgan fingerprint density at radius 1 is 1.21 bits per heavy atom. The number of halogens is 1. The molecule has 1 saturated carbocycles. The summed E-state index contributed by atoms with van der Waals surface area (Å²) in [6.45, 7) is 0. The number of hydrogen-bond donors (Lipinski definition) is 3. The second-order valence-corrected chi connectivity index (χ2v) is 4.62. The molecule has 4 N–H and O–H groups in total. The standard InChI is InChI=1S/C13H19NO4.ClH/c1-17-9-5-8(15)6-10(18-2)11(9)12(14)13(16)7-3-4-7;/h5-7,12-13,15-16H,3-4,14H2,1-2H3;1H/t12-,13+;/m1./s1. The maximum atomic E-state index is 10.1. The molecule has 1 fully saturated rings. The van der Waals surface area contributed by atoms with Gasteiger partial charge in [-0.15, -0.1) is 12.4 Å². The molecule has 0 bridgehead atoms. The smallest absolute Gasteiger partial charge is 0.131 e. The summed E-state index contributed by atoms with van der Waals surface area (Å²) in [5, 5.41) is 19.7. The van der Waals surface area contributed by atoms with Gasteiger partial charge in [-0.25, -0.2) is 0 Å². The van der Waals surface area contributed by atoms with Crippen molar-refractivity contribution < 1.29 is 19.7 Å². The van der Waals surface area contributed by atoms with Crippen molar-refractivity contribution >= 4 is 12.4 Å². The van der Waals surface area contributed by atoms with Crippen molar-refractivity contribution in [3.63, 3.8) is 0 Å². The highest BCUT2D eigenvalue weighted by atomic mass is 35.5. The lowest BCUT2D eigenvalue weighted by molar-refractivity contribution is 0.120. The Morgan fingerprint density at radius 3 is 2.05 bits per heavy atom. The van der Waals surface area contributed by atoms with E-state index in [1.54, 1.807) is 0 Å². The number of nitrogens with two attached hydrogens (primary N) is 1. The fourth-order valence-electron chi connectivity index (χ4n) is 2.16. The zero-order valence-electron chi connectivity index (χ0n) is 11.0. The molecular weight excluding hydrogens is 270 g/mol. The maximum Gasteiger partial charge on any atom is 0.131 e. The molecule has 2 atom stereocenters. The Bertz CT molecular complexity index is 412. The summed E-state index contributed by atoms with van der Waals surface area (Å²) >= 11 is 0. The molecule has 19 heavy (non-hydrogen) atoms. The molecule has 1 aliphatic carbocycles. The van der Waals surface area contributed by atoms with Gasteiger partial charge in [0.05, 0.1) is 31.9 Å². The Balaban J connectivity index is 0.00000180. The van der Waals surface area contributed by atoms with Crippen LogP contribution < -0.4 is 15.2 Å². The first-order valence-electron chi connectivity index (χ1n) is 5.97. The highest BCUT2D eigenvalue weighted by molar-refractivity contribution is 5.85. The SMILES string of the molecule is COc1cc(O)cc(OC)c1[C@@H](N)[C@@H](O)C1CC1.Cl. The number of rotatable bonds is 5. The third kappa shape index (κ3) is 3.23. The summed E-state index contributed by atoms with van der Waals surface area (Å²) < 4.78 is 10.4. The van der Waals surface area contributed by atoms with Gasteiger partial charge in [-0.3, -0.25) is 0 Å². The first-order valence-corrected chi connectivity index (χ1v) is 5.97. The topological polar surface area (TPSA) is 84.9 Å². The number of methoxy groups -OCH3 is 2. The average Bonchev–Trinajstić information content (AvgIpc) is 3.20. The number of aliphatic hydroxyl groups is 1. The summed E-state index contributed by atoms with van der Waals surface area (Å²) in [7, 11) is 2.99. The molecule has 108 valence electrons. The molecule has 0 aliphatic heterocycles. The molecule has 1 aromatic rings. The molecule has 6 heteroatoms. The van der Waals surface area contributed by atoms with Crippen molar-refractivity contribution in [1.29, 1.82) is 0 Å².